The molecule has 0 saturated carbocycles. The van der Waals surface area contributed by atoms with E-state index in [1.165, 1.54) is 23.5 Å². The Morgan fingerprint density at radius 3 is 2.62 bits per heavy atom. The van der Waals surface area contributed by atoms with Gasteiger partial charge in [-0.05, 0) is 41.1 Å². The standard InChI is InChI=1S/C18H14F3NO2S2/c19-18(20,21)13-4-2-1-3-12(13)17(24)22-9-14(23)16-6-5-15(26-16)11-7-8-25-10-11/h1-8,10,14,23H,9H2,(H,22,24). The van der Waals surface area contributed by atoms with Gasteiger partial charge in [0.05, 0.1) is 11.1 Å². The van der Waals surface area contributed by atoms with Gasteiger partial charge >= 0.3 is 6.18 Å². The van der Waals surface area contributed by atoms with Gasteiger partial charge < -0.3 is 10.4 Å². The third-order valence-electron chi connectivity index (χ3n) is 3.69. The topological polar surface area (TPSA) is 49.3 Å². The molecule has 3 rings (SSSR count). The van der Waals surface area contributed by atoms with E-state index in [0.717, 1.165) is 22.6 Å². The van der Waals surface area contributed by atoms with Crippen LogP contribution in [0.1, 0.15) is 26.9 Å². The van der Waals surface area contributed by atoms with Crippen LogP contribution in [0.2, 0.25) is 0 Å². The molecule has 0 aliphatic heterocycles. The van der Waals surface area contributed by atoms with E-state index in [2.05, 4.69) is 5.32 Å². The first-order valence-electron chi connectivity index (χ1n) is 7.61. The monoisotopic (exact) mass is 397 g/mol. The van der Waals surface area contributed by atoms with Gasteiger partial charge in [0.1, 0.15) is 6.10 Å². The minimum absolute atomic E-state index is 0.172. The summed E-state index contributed by atoms with van der Waals surface area (Å²) in [5.74, 6) is -0.869. The van der Waals surface area contributed by atoms with Crippen LogP contribution in [-0.4, -0.2) is 17.6 Å². The minimum Gasteiger partial charge on any atom is -0.386 e. The fourth-order valence-corrected chi connectivity index (χ4v) is 4.13. The predicted octanol–water partition coefficient (Wildman–Crippen LogP) is 4.96. The van der Waals surface area contributed by atoms with Gasteiger partial charge in [0.15, 0.2) is 0 Å². The molecule has 3 nitrogen and oxygen atoms in total. The SMILES string of the molecule is O=C(NCC(O)c1ccc(-c2ccsc2)s1)c1ccccc1C(F)(F)F. The maximum Gasteiger partial charge on any atom is 0.417 e. The molecular formula is C18H14F3NO2S2. The fourth-order valence-electron chi connectivity index (χ4n) is 2.41. The van der Waals surface area contributed by atoms with Gasteiger partial charge in [-0.1, -0.05) is 12.1 Å². The highest BCUT2D eigenvalue weighted by atomic mass is 32.1. The first kappa shape index (κ1) is 18.6. The van der Waals surface area contributed by atoms with Gasteiger partial charge in [-0.25, -0.2) is 0 Å². The molecule has 136 valence electrons. The Kier molecular flexibility index (Phi) is 5.45. The van der Waals surface area contributed by atoms with Gasteiger partial charge in [0, 0.05) is 21.9 Å². The number of aliphatic hydroxyl groups is 1. The molecule has 0 aliphatic rings. The molecule has 2 N–H and O–H groups in total. The number of hydrogen-bond acceptors (Lipinski definition) is 4. The van der Waals surface area contributed by atoms with E-state index in [0.29, 0.717) is 4.88 Å². The molecule has 2 aromatic heterocycles. The summed E-state index contributed by atoms with van der Waals surface area (Å²) in [6.07, 6.45) is -5.61. The molecule has 1 amide bonds. The van der Waals surface area contributed by atoms with Crippen molar-refractivity contribution in [2.24, 2.45) is 0 Å². The highest BCUT2D eigenvalue weighted by Crippen LogP contribution is 2.33. The first-order valence-corrected chi connectivity index (χ1v) is 9.37. The Bertz CT molecular complexity index is 888. The zero-order valence-corrected chi connectivity index (χ0v) is 14.9. The van der Waals surface area contributed by atoms with Crippen molar-refractivity contribution in [1.82, 2.24) is 5.32 Å². The van der Waals surface area contributed by atoms with E-state index in [1.807, 2.05) is 22.9 Å². The summed E-state index contributed by atoms with van der Waals surface area (Å²) in [5, 5.41) is 16.5. The molecular weight excluding hydrogens is 383 g/mol. The number of thiophene rings is 2. The molecule has 1 atom stereocenters. The Hall–Kier alpha value is -2.16. The van der Waals surface area contributed by atoms with Crippen molar-refractivity contribution in [2.45, 2.75) is 12.3 Å². The van der Waals surface area contributed by atoms with Crippen LogP contribution in [0.25, 0.3) is 10.4 Å². The van der Waals surface area contributed by atoms with E-state index in [4.69, 9.17) is 0 Å². The van der Waals surface area contributed by atoms with Gasteiger partial charge in [0.2, 0.25) is 0 Å². The molecule has 1 aromatic carbocycles. The number of alkyl halides is 3. The summed E-state index contributed by atoms with van der Waals surface area (Å²) in [6, 6.07) is 10.1. The molecule has 1 unspecified atom stereocenters. The third kappa shape index (κ3) is 4.14. The summed E-state index contributed by atoms with van der Waals surface area (Å²) < 4.78 is 38.9. The van der Waals surface area contributed by atoms with Crippen molar-refractivity contribution in [1.29, 1.82) is 0 Å². The second-order valence-corrected chi connectivity index (χ2v) is 7.38. The number of aliphatic hydroxyl groups excluding tert-OH is 1. The molecule has 8 heteroatoms. The number of halogens is 3. The zero-order valence-electron chi connectivity index (χ0n) is 13.3. The Labute approximate surface area is 155 Å². The number of rotatable bonds is 5. The molecule has 0 fully saturated rings. The molecule has 0 spiro atoms. The predicted molar refractivity (Wildman–Crippen MR) is 96.4 cm³/mol. The van der Waals surface area contributed by atoms with E-state index in [-0.39, 0.29) is 6.54 Å². The highest BCUT2D eigenvalue weighted by Gasteiger charge is 2.34. The molecule has 26 heavy (non-hydrogen) atoms. The van der Waals surface area contributed by atoms with Crippen molar-refractivity contribution in [2.75, 3.05) is 6.54 Å². The Morgan fingerprint density at radius 1 is 1.15 bits per heavy atom. The molecule has 0 aliphatic carbocycles. The van der Waals surface area contributed by atoms with Gasteiger partial charge in [-0.2, -0.15) is 24.5 Å². The molecule has 0 radical (unpaired) electrons. The van der Waals surface area contributed by atoms with E-state index in [9.17, 15) is 23.1 Å². The van der Waals surface area contributed by atoms with Crippen LogP contribution >= 0.6 is 22.7 Å². The summed E-state index contributed by atoms with van der Waals surface area (Å²) in [6.45, 7) is -0.172. The van der Waals surface area contributed by atoms with E-state index < -0.39 is 29.3 Å². The second kappa shape index (κ2) is 7.61. The van der Waals surface area contributed by atoms with Crippen LogP contribution in [0.3, 0.4) is 0 Å². The number of amides is 1. The number of carbonyl (C=O) groups excluding carboxylic acids is 1. The smallest absolute Gasteiger partial charge is 0.386 e. The molecule has 3 aromatic rings. The average molecular weight is 397 g/mol. The van der Waals surface area contributed by atoms with Crippen LogP contribution in [0.4, 0.5) is 13.2 Å². The largest absolute Gasteiger partial charge is 0.417 e. The van der Waals surface area contributed by atoms with Gasteiger partial charge in [0.25, 0.3) is 5.91 Å². The van der Waals surface area contributed by atoms with Crippen LogP contribution in [0.15, 0.2) is 53.2 Å². The van der Waals surface area contributed by atoms with Crippen LogP contribution < -0.4 is 5.32 Å². The summed E-state index contributed by atoms with van der Waals surface area (Å²) in [5.41, 5.74) is -0.415. The fraction of sp³-hybridized carbons (Fsp3) is 0.167. The van der Waals surface area contributed by atoms with Gasteiger partial charge in [-0.15, -0.1) is 11.3 Å². The quantitative estimate of drug-likeness (QED) is 0.639. The zero-order chi connectivity index (χ0) is 18.7. The maximum atomic E-state index is 13.0. The highest BCUT2D eigenvalue weighted by molar-refractivity contribution is 7.16. The normalized spacial score (nSPS) is 12.8. The molecule has 2 heterocycles. The first-order chi connectivity index (χ1) is 12.4. The molecule has 0 bridgehead atoms. The van der Waals surface area contributed by atoms with E-state index in [1.54, 1.807) is 17.4 Å². The Morgan fingerprint density at radius 2 is 1.92 bits per heavy atom. The van der Waals surface area contributed by atoms with Crippen molar-refractivity contribution in [3.8, 4) is 10.4 Å². The van der Waals surface area contributed by atoms with Gasteiger partial charge in [-0.3, -0.25) is 4.79 Å². The summed E-state index contributed by atoms with van der Waals surface area (Å²) >= 11 is 2.94. The van der Waals surface area contributed by atoms with Crippen LogP contribution in [0.5, 0.6) is 0 Å². The summed E-state index contributed by atoms with van der Waals surface area (Å²) in [4.78, 5) is 13.7. The maximum absolute atomic E-state index is 13.0. The lowest BCUT2D eigenvalue weighted by molar-refractivity contribution is -0.137. The second-order valence-electron chi connectivity index (χ2n) is 5.48. The number of hydrogen-bond donors (Lipinski definition) is 2. The van der Waals surface area contributed by atoms with E-state index >= 15 is 0 Å². The van der Waals surface area contributed by atoms with Crippen molar-refractivity contribution < 1.29 is 23.1 Å². The number of benzene rings is 1. The van der Waals surface area contributed by atoms with Crippen LogP contribution in [-0.2, 0) is 6.18 Å². The lowest BCUT2D eigenvalue weighted by atomic mass is 10.1. The average Bonchev–Trinajstić information content (AvgIpc) is 3.29. The lowest BCUT2D eigenvalue weighted by Gasteiger charge is -2.14. The molecule has 0 saturated heterocycles. The summed E-state index contributed by atoms with van der Waals surface area (Å²) in [7, 11) is 0. The van der Waals surface area contributed by atoms with Crippen LogP contribution in [0, 0.1) is 0 Å². The third-order valence-corrected chi connectivity index (χ3v) is 5.61. The number of carbonyl (C=O) groups is 1. The lowest BCUT2D eigenvalue weighted by Crippen LogP contribution is -2.30. The van der Waals surface area contributed by atoms with Crippen molar-refractivity contribution >= 4 is 28.6 Å². The number of nitrogens with one attached hydrogen (secondary N) is 1. The van der Waals surface area contributed by atoms with Crippen molar-refractivity contribution in [3.05, 3.63) is 69.2 Å². The van der Waals surface area contributed by atoms with Crippen molar-refractivity contribution in [3.63, 3.8) is 0 Å². The Balaban J connectivity index is 1.67. The minimum atomic E-state index is -4.62.